The average Bonchev–Trinajstić information content (AvgIpc) is 3.31. The molecule has 1 aromatic carbocycles. The maximum absolute atomic E-state index is 12.5. The van der Waals surface area contributed by atoms with E-state index in [-0.39, 0.29) is 11.9 Å². The fourth-order valence-corrected chi connectivity index (χ4v) is 3.63. The second-order valence-corrected chi connectivity index (χ2v) is 7.21. The molecule has 1 unspecified atom stereocenters. The predicted octanol–water partition coefficient (Wildman–Crippen LogP) is 4.35. The molecule has 134 valence electrons. The zero-order chi connectivity index (χ0) is 18.4. The number of thiophene rings is 1. The van der Waals surface area contributed by atoms with Gasteiger partial charge >= 0.3 is 0 Å². The number of nitrogens with zero attached hydrogens (tertiary/aromatic N) is 2. The first-order chi connectivity index (χ1) is 12.7. The fourth-order valence-electron chi connectivity index (χ4n) is 2.83. The zero-order valence-corrected chi connectivity index (χ0v) is 15.9. The van der Waals surface area contributed by atoms with E-state index in [0.717, 1.165) is 28.8 Å². The predicted molar refractivity (Wildman–Crippen MR) is 107 cm³/mol. The highest BCUT2D eigenvalue weighted by Gasteiger charge is 2.16. The number of nitrogens with one attached hydrogen (secondary N) is 1. The Balaban J connectivity index is 1.76. The quantitative estimate of drug-likeness (QED) is 0.633. The van der Waals surface area contributed by atoms with Gasteiger partial charge in [0.05, 0.1) is 12.2 Å². The van der Waals surface area contributed by atoms with Gasteiger partial charge in [-0.1, -0.05) is 43.7 Å². The average molecular weight is 366 g/mol. The van der Waals surface area contributed by atoms with E-state index in [0.29, 0.717) is 0 Å². The van der Waals surface area contributed by atoms with Gasteiger partial charge in [0.25, 0.3) is 0 Å². The van der Waals surface area contributed by atoms with Crippen LogP contribution in [0.2, 0.25) is 0 Å². The van der Waals surface area contributed by atoms with E-state index in [4.69, 9.17) is 0 Å². The van der Waals surface area contributed by atoms with E-state index in [2.05, 4.69) is 47.7 Å². The minimum atomic E-state index is -0.142. The molecule has 0 saturated carbocycles. The number of amides is 1. The lowest BCUT2D eigenvalue weighted by Crippen LogP contribution is -2.27. The molecule has 0 aliphatic heterocycles. The van der Waals surface area contributed by atoms with E-state index >= 15 is 0 Å². The topological polar surface area (TPSA) is 46.9 Å². The molecule has 3 rings (SSSR count). The van der Waals surface area contributed by atoms with E-state index in [1.165, 1.54) is 5.56 Å². The summed E-state index contributed by atoms with van der Waals surface area (Å²) in [5.41, 5.74) is 3.32. The molecule has 3 aromatic rings. The van der Waals surface area contributed by atoms with Crippen LogP contribution in [0.25, 0.3) is 6.08 Å². The van der Waals surface area contributed by atoms with E-state index < -0.39 is 0 Å². The number of aryl methyl sites for hydroxylation is 2. The summed E-state index contributed by atoms with van der Waals surface area (Å²) in [7, 11) is 1.85. The van der Waals surface area contributed by atoms with Crippen LogP contribution in [0, 0.1) is 0 Å². The van der Waals surface area contributed by atoms with Crippen LogP contribution >= 0.6 is 11.3 Å². The molecule has 2 heterocycles. The van der Waals surface area contributed by atoms with Crippen molar-refractivity contribution in [3.63, 3.8) is 0 Å². The number of hydrogen-bond acceptors (Lipinski definition) is 3. The van der Waals surface area contributed by atoms with Gasteiger partial charge in [-0.05, 0) is 35.1 Å². The SMILES string of the molecule is CCCc1ccc(C(NC(=O)/C=C/c2cnn(C)c2)c2cccs2)cc1. The number of aromatic nitrogens is 2. The third-order valence-corrected chi connectivity index (χ3v) is 5.06. The van der Waals surface area contributed by atoms with Gasteiger partial charge in [-0.2, -0.15) is 5.10 Å². The lowest BCUT2D eigenvalue weighted by Gasteiger charge is -2.17. The van der Waals surface area contributed by atoms with E-state index in [1.54, 1.807) is 34.4 Å². The molecule has 1 amide bonds. The maximum Gasteiger partial charge on any atom is 0.244 e. The Morgan fingerprint density at radius 3 is 2.73 bits per heavy atom. The fraction of sp³-hybridized carbons (Fsp3) is 0.238. The summed E-state index contributed by atoms with van der Waals surface area (Å²) in [5.74, 6) is -0.120. The van der Waals surface area contributed by atoms with Crippen LogP contribution < -0.4 is 5.32 Å². The lowest BCUT2D eigenvalue weighted by molar-refractivity contribution is -0.116. The Hall–Kier alpha value is -2.66. The number of benzene rings is 1. The molecule has 0 spiro atoms. The minimum Gasteiger partial charge on any atom is -0.341 e. The van der Waals surface area contributed by atoms with Gasteiger partial charge in [0.2, 0.25) is 5.91 Å². The molecule has 5 heteroatoms. The van der Waals surface area contributed by atoms with Crippen molar-refractivity contribution < 1.29 is 4.79 Å². The zero-order valence-electron chi connectivity index (χ0n) is 15.1. The second-order valence-electron chi connectivity index (χ2n) is 6.23. The van der Waals surface area contributed by atoms with Crippen LogP contribution in [-0.2, 0) is 18.3 Å². The number of hydrogen-bond donors (Lipinski definition) is 1. The first-order valence-corrected chi connectivity index (χ1v) is 9.63. The standard InChI is InChI=1S/C21H23N3OS/c1-3-5-16-7-10-18(11-8-16)21(19-6-4-13-26-19)23-20(25)12-9-17-14-22-24(2)15-17/h4,6-15,21H,3,5H2,1-2H3,(H,23,25)/b12-9+. The highest BCUT2D eigenvalue weighted by molar-refractivity contribution is 7.10. The van der Waals surface area contributed by atoms with Gasteiger partial charge in [0, 0.05) is 29.8 Å². The number of rotatable bonds is 7. The molecule has 0 aliphatic rings. The number of carbonyl (C=O) groups excluding carboxylic acids is 1. The summed E-state index contributed by atoms with van der Waals surface area (Å²) in [6.45, 7) is 2.18. The normalized spacial score (nSPS) is 12.4. The van der Waals surface area contributed by atoms with Crippen LogP contribution in [0.5, 0.6) is 0 Å². The van der Waals surface area contributed by atoms with Crippen molar-refractivity contribution in [3.8, 4) is 0 Å². The van der Waals surface area contributed by atoms with Crippen molar-refractivity contribution in [1.29, 1.82) is 0 Å². The molecule has 26 heavy (non-hydrogen) atoms. The van der Waals surface area contributed by atoms with Crippen molar-refractivity contribution >= 4 is 23.3 Å². The molecule has 1 atom stereocenters. The van der Waals surface area contributed by atoms with Gasteiger partial charge in [-0.25, -0.2) is 0 Å². The van der Waals surface area contributed by atoms with Gasteiger partial charge in [0.1, 0.15) is 0 Å². The van der Waals surface area contributed by atoms with Crippen molar-refractivity contribution in [2.75, 3.05) is 0 Å². The summed E-state index contributed by atoms with van der Waals surface area (Å²) in [6, 6.07) is 12.4. The van der Waals surface area contributed by atoms with Crippen molar-refractivity contribution in [2.45, 2.75) is 25.8 Å². The van der Waals surface area contributed by atoms with Gasteiger partial charge < -0.3 is 5.32 Å². The highest BCUT2D eigenvalue weighted by atomic mass is 32.1. The summed E-state index contributed by atoms with van der Waals surface area (Å²) >= 11 is 1.65. The molecular formula is C21H23N3OS. The minimum absolute atomic E-state index is 0.120. The molecule has 4 nitrogen and oxygen atoms in total. The highest BCUT2D eigenvalue weighted by Crippen LogP contribution is 2.26. The van der Waals surface area contributed by atoms with Crippen molar-refractivity contribution in [1.82, 2.24) is 15.1 Å². The summed E-state index contributed by atoms with van der Waals surface area (Å²) < 4.78 is 1.71. The molecule has 2 aromatic heterocycles. The Labute approximate surface area is 158 Å². The lowest BCUT2D eigenvalue weighted by atomic mass is 10.0. The molecule has 0 saturated heterocycles. The largest absolute Gasteiger partial charge is 0.341 e. The van der Waals surface area contributed by atoms with Gasteiger partial charge in [0.15, 0.2) is 0 Å². The maximum atomic E-state index is 12.5. The molecule has 0 fully saturated rings. The monoisotopic (exact) mass is 365 g/mol. The first kappa shape index (κ1) is 18.1. The third-order valence-electron chi connectivity index (χ3n) is 4.12. The Morgan fingerprint density at radius 1 is 1.31 bits per heavy atom. The van der Waals surface area contributed by atoms with E-state index in [9.17, 15) is 4.79 Å². The molecule has 0 bridgehead atoms. The summed E-state index contributed by atoms with van der Waals surface area (Å²) in [6.07, 6.45) is 9.13. The Bertz CT molecular complexity index is 863. The Kier molecular flexibility index (Phi) is 6.02. The van der Waals surface area contributed by atoms with Crippen LogP contribution in [0.15, 0.2) is 60.2 Å². The van der Waals surface area contributed by atoms with Crippen LogP contribution in [0.1, 0.15) is 41.0 Å². The van der Waals surface area contributed by atoms with Crippen LogP contribution in [0.3, 0.4) is 0 Å². The molecule has 1 N–H and O–H groups in total. The van der Waals surface area contributed by atoms with Crippen molar-refractivity contribution in [2.24, 2.45) is 7.05 Å². The summed E-state index contributed by atoms with van der Waals surface area (Å²) in [4.78, 5) is 13.6. The molecule has 0 radical (unpaired) electrons. The third kappa shape index (κ3) is 4.70. The summed E-state index contributed by atoms with van der Waals surface area (Å²) in [5, 5.41) is 9.26. The Morgan fingerprint density at radius 2 is 2.12 bits per heavy atom. The van der Waals surface area contributed by atoms with Crippen LogP contribution in [-0.4, -0.2) is 15.7 Å². The number of carbonyl (C=O) groups is 1. The first-order valence-electron chi connectivity index (χ1n) is 8.75. The molecule has 0 aliphatic carbocycles. The molecular weight excluding hydrogens is 342 g/mol. The van der Waals surface area contributed by atoms with Crippen LogP contribution in [0.4, 0.5) is 0 Å². The van der Waals surface area contributed by atoms with Gasteiger partial charge in [-0.15, -0.1) is 11.3 Å². The van der Waals surface area contributed by atoms with E-state index in [1.807, 2.05) is 24.7 Å². The van der Waals surface area contributed by atoms with Gasteiger partial charge in [-0.3, -0.25) is 9.48 Å². The second kappa shape index (κ2) is 8.63. The van der Waals surface area contributed by atoms with Crippen molar-refractivity contribution in [3.05, 3.63) is 81.8 Å². The smallest absolute Gasteiger partial charge is 0.244 e.